The van der Waals surface area contributed by atoms with Crippen LogP contribution in [0.4, 0.5) is 8.78 Å². The Labute approximate surface area is 235 Å². The highest BCUT2D eigenvalue weighted by Gasteiger charge is 2.40. The molecule has 0 aliphatic carbocycles. The van der Waals surface area contributed by atoms with Crippen molar-refractivity contribution in [2.24, 2.45) is 5.92 Å². The van der Waals surface area contributed by atoms with Crippen molar-refractivity contribution in [2.45, 2.75) is 63.2 Å². The van der Waals surface area contributed by atoms with Gasteiger partial charge in [0.15, 0.2) is 29.4 Å². The smallest absolute Gasteiger partial charge is 0.323 e. The van der Waals surface area contributed by atoms with Crippen molar-refractivity contribution in [2.75, 3.05) is 6.54 Å². The van der Waals surface area contributed by atoms with E-state index >= 15 is 0 Å². The number of rotatable bonds is 8. The lowest BCUT2D eigenvalue weighted by molar-refractivity contribution is -0.646. The van der Waals surface area contributed by atoms with Gasteiger partial charge in [-0.25, -0.2) is 17.2 Å². The molecule has 2 amide bonds. The lowest BCUT2D eigenvalue weighted by Crippen LogP contribution is -2.53. The van der Waals surface area contributed by atoms with Gasteiger partial charge in [-0.05, 0) is 50.3 Å². The van der Waals surface area contributed by atoms with Crippen molar-refractivity contribution in [3.05, 3.63) is 65.2 Å². The molecule has 1 aliphatic rings. The zero-order chi connectivity index (χ0) is 30.1. The molecule has 0 radical (unpaired) electrons. The topological polar surface area (TPSA) is 153 Å². The minimum atomic E-state index is -4.31. The number of ketones is 1. The van der Waals surface area contributed by atoms with E-state index in [4.69, 9.17) is 4.42 Å². The summed E-state index contributed by atoms with van der Waals surface area (Å²) in [5.74, 6) is -4.59. The summed E-state index contributed by atoms with van der Waals surface area (Å²) >= 11 is 0. The predicted molar refractivity (Wildman–Crippen MR) is 142 cm³/mol. The minimum Gasteiger partial charge on any atom is -0.618 e. The molecular formula is C27H30F2N4O7S. The van der Waals surface area contributed by atoms with Crippen LogP contribution in [-0.2, 0) is 19.6 Å². The number of pyridine rings is 1. The molecule has 3 unspecified atom stereocenters. The highest BCUT2D eigenvalue weighted by atomic mass is 32.2. The van der Waals surface area contributed by atoms with Crippen LogP contribution in [0.1, 0.15) is 50.6 Å². The first kappa shape index (κ1) is 30.1. The molecule has 0 spiro atoms. The number of fused-ring (bicyclic) bond motifs is 1. The molecule has 1 saturated heterocycles. The Morgan fingerprint density at radius 3 is 2.56 bits per heavy atom. The summed E-state index contributed by atoms with van der Waals surface area (Å²) in [6.07, 6.45) is 1.59. The Morgan fingerprint density at radius 1 is 1.17 bits per heavy atom. The van der Waals surface area contributed by atoms with Gasteiger partial charge in [0.25, 0.3) is 5.91 Å². The lowest BCUT2D eigenvalue weighted by Gasteiger charge is -2.24. The Morgan fingerprint density at radius 2 is 1.88 bits per heavy atom. The molecule has 1 fully saturated rings. The van der Waals surface area contributed by atoms with E-state index in [9.17, 15) is 36.8 Å². The van der Waals surface area contributed by atoms with Crippen LogP contribution in [0, 0.1) is 22.8 Å². The normalized spacial score (nSPS) is 19.2. The van der Waals surface area contributed by atoms with Crippen molar-refractivity contribution in [1.82, 2.24) is 14.9 Å². The fraction of sp³-hybridized carbons (Fsp3) is 0.407. The van der Waals surface area contributed by atoms with Gasteiger partial charge in [-0.3, -0.25) is 14.4 Å². The molecule has 0 saturated carbocycles. The summed E-state index contributed by atoms with van der Waals surface area (Å²) in [5, 5.41) is 17.0. The molecule has 3 aromatic rings. The maximum Gasteiger partial charge on any atom is 0.323 e. The van der Waals surface area contributed by atoms with Crippen molar-refractivity contribution in [3.63, 3.8) is 0 Å². The maximum absolute atomic E-state index is 13.6. The third kappa shape index (κ3) is 6.54. The van der Waals surface area contributed by atoms with E-state index in [-0.39, 0.29) is 46.6 Å². The summed E-state index contributed by atoms with van der Waals surface area (Å²) in [4.78, 5) is 39.3. The highest BCUT2D eigenvalue weighted by Crippen LogP contribution is 2.24. The summed E-state index contributed by atoms with van der Waals surface area (Å²) in [6.45, 7) is 4.70. The predicted octanol–water partition coefficient (Wildman–Crippen LogP) is 2.42. The molecule has 1 aromatic carbocycles. The third-order valence-corrected chi connectivity index (χ3v) is 8.81. The largest absolute Gasteiger partial charge is 0.618 e. The number of furan rings is 1. The third-order valence-electron chi connectivity index (χ3n) is 6.86. The van der Waals surface area contributed by atoms with Crippen LogP contribution in [0.5, 0.6) is 0 Å². The molecule has 4 rings (SSSR count). The van der Waals surface area contributed by atoms with E-state index in [2.05, 4.69) is 10.6 Å². The molecule has 3 heterocycles. The zero-order valence-corrected chi connectivity index (χ0v) is 23.4. The molecule has 14 heteroatoms. The number of carbonyl (C=O) groups is 3. The standard InChI is InChI=1S/C27H30F2N4O7S/c1-15(2)10-21(31-27(36)24-12-17-11-18(28)19(29)13-23(17)40-24)26(35)30-20-8-7-16(3)33(14-22(20)34)41(38,39)25-6-4-5-9-32(25)37/h4-6,9,11-13,15-16,20-21H,7-8,10,14H2,1-3H3,(H,30,35)(H,31,36). The number of hydrogen-bond donors (Lipinski definition) is 2. The van der Waals surface area contributed by atoms with E-state index in [1.165, 1.54) is 18.2 Å². The first-order chi connectivity index (χ1) is 19.3. The Bertz CT molecular complexity index is 1550. The average Bonchev–Trinajstić information content (AvgIpc) is 3.25. The number of Topliss-reactive ketones (excluding diaryl/α,β-unsaturated/α-hetero) is 1. The van der Waals surface area contributed by atoms with Gasteiger partial charge in [0, 0.05) is 29.6 Å². The van der Waals surface area contributed by atoms with Gasteiger partial charge in [0.05, 0.1) is 12.6 Å². The first-order valence-corrected chi connectivity index (χ1v) is 14.4. The van der Waals surface area contributed by atoms with Crippen LogP contribution < -0.4 is 15.4 Å². The second-order valence-corrected chi connectivity index (χ2v) is 12.3. The zero-order valence-electron chi connectivity index (χ0n) is 22.6. The minimum absolute atomic E-state index is 0.0467. The van der Waals surface area contributed by atoms with E-state index in [0.29, 0.717) is 0 Å². The second kappa shape index (κ2) is 11.9. The molecule has 220 valence electrons. The Kier molecular flexibility index (Phi) is 8.73. The first-order valence-electron chi connectivity index (χ1n) is 13.0. The number of nitrogens with one attached hydrogen (secondary N) is 2. The molecule has 2 aromatic heterocycles. The summed E-state index contributed by atoms with van der Waals surface area (Å²) in [6, 6.07) is 4.09. The van der Waals surface area contributed by atoms with Crippen molar-refractivity contribution >= 4 is 38.6 Å². The van der Waals surface area contributed by atoms with Crippen LogP contribution in [0.25, 0.3) is 11.0 Å². The van der Waals surface area contributed by atoms with E-state index in [1.54, 1.807) is 6.92 Å². The van der Waals surface area contributed by atoms with Crippen LogP contribution in [0.3, 0.4) is 0 Å². The average molecular weight is 593 g/mol. The van der Waals surface area contributed by atoms with Gasteiger partial charge in [0.2, 0.25) is 5.91 Å². The van der Waals surface area contributed by atoms with Gasteiger partial charge in [-0.15, -0.1) is 0 Å². The fourth-order valence-electron chi connectivity index (χ4n) is 4.69. The number of amides is 2. The van der Waals surface area contributed by atoms with E-state index in [0.717, 1.165) is 28.7 Å². The van der Waals surface area contributed by atoms with Crippen LogP contribution in [0.15, 0.2) is 52.0 Å². The van der Waals surface area contributed by atoms with Crippen LogP contribution in [0.2, 0.25) is 0 Å². The van der Waals surface area contributed by atoms with Gasteiger partial charge >= 0.3 is 15.0 Å². The number of nitrogens with zero attached hydrogens (tertiary/aromatic N) is 2. The molecular weight excluding hydrogens is 562 g/mol. The molecule has 3 atom stereocenters. The van der Waals surface area contributed by atoms with Crippen molar-refractivity contribution < 1.29 is 40.7 Å². The number of sulfonamides is 1. The molecule has 1 aliphatic heterocycles. The van der Waals surface area contributed by atoms with Crippen LogP contribution in [-0.4, -0.2) is 55.0 Å². The number of benzene rings is 1. The molecule has 11 nitrogen and oxygen atoms in total. The maximum atomic E-state index is 13.6. The fourth-order valence-corrected chi connectivity index (χ4v) is 6.35. The van der Waals surface area contributed by atoms with Crippen molar-refractivity contribution in [1.29, 1.82) is 0 Å². The van der Waals surface area contributed by atoms with E-state index in [1.807, 2.05) is 13.8 Å². The summed E-state index contributed by atoms with van der Waals surface area (Å²) in [5.41, 5.74) is -0.0467. The molecule has 2 N–H and O–H groups in total. The summed E-state index contributed by atoms with van der Waals surface area (Å²) in [7, 11) is -4.31. The summed E-state index contributed by atoms with van der Waals surface area (Å²) < 4.78 is 60.0. The van der Waals surface area contributed by atoms with Gasteiger partial charge in [-0.1, -0.05) is 13.8 Å². The number of carbonyl (C=O) groups excluding carboxylic acids is 3. The SMILES string of the molecule is CC(C)CC(NC(=O)c1cc2cc(F)c(F)cc2o1)C(=O)NC1CCC(C)N(S(=O)(=O)c2cccc[n+]2[O-])CC1=O. The second-order valence-electron chi connectivity index (χ2n) is 10.4. The Balaban J connectivity index is 1.49. The molecule has 41 heavy (non-hydrogen) atoms. The Hall–Kier alpha value is -3.91. The monoisotopic (exact) mass is 592 g/mol. The quantitative estimate of drug-likeness (QED) is 0.301. The lowest BCUT2D eigenvalue weighted by atomic mass is 10.0. The van der Waals surface area contributed by atoms with E-state index < -0.39 is 69.0 Å². The van der Waals surface area contributed by atoms with Crippen LogP contribution >= 0.6 is 0 Å². The highest BCUT2D eigenvalue weighted by molar-refractivity contribution is 7.89. The van der Waals surface area contributed by atoms with Gasteiger partial charge in [0.1, 0.15) is 11.6 Å². The van der Waals surface area contributed by atoms with Gasteiger partial charge < -0.3 is 20.3 Å². The van der Waals surface area contributed by atoms with Crippen molar-refractivity contribution in [3.8, 4) is 0 Å². The molecule has 0 bridgehead atoms. The number of halogens is 2. The number of hydrogen-bond acceptors (Lipinski definition) is 7. The number of aromatic nitrogens is 1. The van der Waals surface area contributed by atoms with Gasteiger partial charge in [-0.2, -0.15) is 9.04 Å².